The van der Waals surface area contributed by atoms with Gasteiger partial charge in [0.05, 0.1) is 13.7 Å². The SMILES string of the molecule is CCOC(=O)/C=C/C(=O)N=[N+]=[N-].COc1ccccc1/C=C/C(=O)N=[N+]=[N-]. The fraction of sp³-hybridized carbons (Fsp3) is 0.188. The lowest BCUT2D eigenvalue weighted by Crippen LogP contribution is -1.99. The number of amides is 2. The molecule has 0 aliphatic carbocycles. The zero-order valence-corrected chi connectivity index (χ0v) is 14.6. The fourth-order valence-electron chi connectivity index (χ4n) is 1.45. The molecule has 1 aromatic carbocycles. The Kier molecular flexibility index (Phi) is 12.1. The van der Waals surface area contributed by atoms with Gasteiger partial charge in [0.25, 0.3) is 0 Å². The summed E-state index contributed by atoms with van der Waals surface area (Å²) in [5.74, 6) is -1.45. The minimum Gasteiger partial charge on any atom is -0.496 e. The molecule has 0 fully saturated rings. The second-order valence-electron chi connectivity index (χ2n) is 4.22. The third-order valence-electron chi connectivity index (χ3n) is 2.48. The number of azide groups is 2. The van der Waals surface area contributed by atoms with Crippen molar-refractivity contribution >= 4 is 23.9 Å². The van der Waals surface area contributed by atoms with Crippen molar-refractivity contribution in [1.82, 2.24) is 0 Å². The van der Waals surface area contributed by atoms with Gasteiger partial charge in [-0.05, 0) is 52.5 Å². The molecule has 2 amide bonds. The molecular weight excluding hydrogens is 356 g/mol. The Morgan fingerprint density at radius 2 is 1.63 bits per heavy atom. The molecule has 27 heavy (non-hydrogen) atoms. The van der Waals surface area contributed by atoms with Gasteiger partial charge in [0.2, 0.25) is 11.8 Å². The maximum absolute atomic E-state index is 10.9. The number of nitrogens with zero attached hydrogens (tertiary/aromatic N) is 6. The first-order valence-corrected chi connectivity index (χ1v) is 7.32. The van der Waals surface area contributed by atoms with Crippen LogP contribution in [0.15, 0.2) is 52.7 Å². The van der Waals surface area contributed by atoms with E-state index in [4.69, 9.17) is 15.8 Å². The van der Waals surface area contributed by atoms with Crippen LogP contribution in [0, 0.1) is 0 Å². The molecule has 0 aliphatic rings. The Morgan fingerprint density at radius 3 is 2.19 bits per heavy atom. The van der Waals surface area contributed by atoms with E-state index in [9.17, 15) is 14.4 Å². The molecule has 0 saturated carbocycles. The number of benzene rings is 1. The molecule has 0 spiro atoms. The number of ether oxygens (including phenoxy) is 2. The van der Waals surface area contributed by atoms with Gasteiger partial charge in [-0.2, -0.15) is 0 Å². The number of carbonyl (C=O) groups is 3. The van der Waals surface area contributed by atoms with Crippen molar-refractivity contribution in [2.75, 3.05) is 13.7 Å². The van der Waals surface area contributed by atoms with Gasteiger partial charge in [-0.3, -0.25) is 9.59 Å². The van der Waals surface area contributed by atoms with Crippen LogP contribution in [0.25, 0.3) is 27.0 Å². The summed E-state index contributed by atoms with van der Waals surface area (Å²) in [5, 5.41) is 5.61. The summed E-state index contributed by atoms with van der Waals surface area (Å²) in [6.07, 6.45) is 4.48. The van der Waals surface area contributed by atoms with Crippen molar-refractivity contribution in [2.45, 2.75) is 6.92 Å². The molecule has 11 heteroatoms. The van der Waals surface area contributed by atoms with Gasteiger partial charge in [-0.1, -0.05) is 18.2 Å². The maximum atomic E-state index is 10.9. The van der Waals surface area contributed by atoms with Gasteiger partial charge in [-0.15, -0.1) is 0 Å². The third-order valence-corrected chi connectivity index (χ3v) is 2.48. The highest BCUT2D eigenvalue weighted by Gasteiger charge is 1.97. The lowest BCUT2D eigenvalue weighted by Gasteiger charge is -2.02. The lowest BCUT2D eigenvalue weighted by atomic mass is 10.2. The van der Waals surface area contributed by atoms with E-state index in [1.54, 1.807) is 26.2 Å². The van der Waals surface area contributed by atoms with Crippen LogP contribution in [0.3, 0.4) is 0 Å². The average molecular weight is 372 g/mol. The second kappa shape index (κ2) is 14.3. The third kappa shape index (κ3) is 11.2. The van der Waals surface area contributed by atoms with Crippen molar-refractivity contribution in [3.63, 3.8) is 0 Å². The first-order valence-electron chi connectivity index (χ1n) is 7.32. The molecule has 0 atom stereocenters. The van der Waals surface area contributed by atoms with Crippen LogP contribution in [0.4, 0.5) is 0 Å². The van der Waals surface area contributed by atoms with Crippen LogP contribution in [-0.2, 0) is 19.1 Å². The van der Waals surface area contributed by atoms with E-state index in [0.29, 0.717) is 5.75 Å². The molecule has 11 nitrogen and oxygen atoms in total. The van der Waals surface area contributed by atoms with Crippen LogP contribution in [0.1, 0.15) is 12.5 Å². The van der Waals surface area contributed by atoms with Gasteiger partial charge in [-0.25, -0.2) is 4.79 Å². The Balaban J connectivity index is 0.000000516. The van der Waals surface area contributed by atoms with E-state index in [1.165, 1.54) is 12.2 Å². The molecule has 1 aromatic rings. The number of carbonyl (C=O) groups excluding carboxylic acids is 3. The molecule has 0 heterocycles. The molecular formula is C16H16N6O5. The van der Waals surface area contributed by atoms with Crippen molar-refractivity contribution in [3.05, 3.63) is 68.9 Å². The molecule has 140 valence electrons. The van der Waals surface area contributed by atoms with E-state index in [0.717, 1.165) is 17.7 Å². The Morgan fingerprint density at radius 1 is 1.04 bits per heavy atom. The van der Waals surface area contributed by atoms with Gasteiger partial charge in [0, 0.05) is 21.5 Å². The summed E-state index contributed by atoms with van der Waals surface area (Å²) in [7, 11) is 1.54. The van der Waals surface area contributed by atoms with Crippen molar-refractivity contribution < 1.29 is 23.9 Å². The van der Waals surface area contributed by atoms with Crippen LogP contribution in [-0.4, -0.2) is 31.5 Å². The number of hydrogen-bond donors (Lipinski definition) is 0. The molecule has 0 unspecified atom stereocenters. The van der Waals surface area contributed by atoms with E-state index in [-0.39, 0.29) is 6.61 Å². The Bertz CT molecular complexity index is 820. The first kappa shape index (κ1) is 22.9. The zero-order chi connectivity index (χ0) is 20.5. The molecule has 0 saturated heterocycles. The quantitative estimate of drug-likeness (QED) is 0.244. The normalized spacial score (nSPS) is 9.41. The minimum atomic E-state index is -0.828. The van der Waals surface area contributed by atoms with Crippen LogP contribution in [0.2, 0.25) is 0 Å². The second-order valence-corrected chi connectivity index (χ2v) is 4.22. The monoisotopic (exact) mass is 372 g/mol. The number of methoxy groups -OCH3 is 1. The van der Waals surface area contributed by atoms with Crippen molar-refractivity contribution in [3.8, 4) is 5.75 Å². The fourth-order valence-corrected chi connectivity index (χ4v) is 1.45. The summed E-state index contributed by atoms with van der Waals surface area (Å²) in [4.78, 5) is 36.5. The summed E-state index contributed by atoms with van der Waals surface area (Å²) >= 11 is 0. The van der Waals surface area contributed by atoms with Crippen molar-refractivity contribution in [2.24, 2.45) is 10.2 Å². The van der Waals surface area contributed by atoms with E-state index < -0.39 is 17.8 Å². The topological polar surface area (TPSA) is 167 Å². The molecule has 1 rings (SSSR count). The van der Waals surface area contributed by atoms with Crippen LogP contribution < -0.4 is 4.74 Å². The van der Waals surface area contributed by atoms with Gasteiger partial charge < -0.3 is 9.47 Å². The van der Waals surface area contributed by atoms with Gasteiger partial charge >= 0.3 is 5.97 Å². The predicted octanol–water partition coefficient (Wildman–Crippen LogP) is 3.49. The minimum absolute atomic E-state index is 0.235. The highest BCUT2D eigenvalue weighted by atomic mass is 16.5. The zero-order valence-electron chi connectivity index (χ0n) is 14.6. The first-order chi connectivity index (χ1) is 13.0. The van der Waals surface area contributed by atoms with Gasteiger partial charge in [0.15, 0.2) is 0 Å². The molecule has 0 aliphatic heterocycles. The molecule has 0 bridgehead atoms. The number of esters is 1. The van der Waals surface area contributed by atoms with E-state index in [2.05, 4.69) is 24.8 Å². The molecule has 0 aromatic heterocycles. The van der Waals surface area contributed by atoms with Crippen LogP contribution in [0.5, 0.6) is 5.75 Å². The summed E-state index contributed by atoms with van der Waals surface area (Å²) in [5.41, 5.74) is 16.6. The standard InChI is InChI=1S/C10H9N3O2.C6H7N3O3/c1-15-9-5-3-2-4-8(9)6-7-10(14)12-13-11;1-2-12-6(11)4-3-5(10)8-9-7/h2-7H,1H3;3-4H,2H2,1H3/b7-6+;4-3+. The number of rotatable bonds is 6. The van der Waals surface area contributed by atoms with Crippen LogP contribution >= 0.6 is 0 Å². The number of para-hydroxylation sites is 1. The summed E-state index contributed by atoms with van der Waals surface area (Å²) in [6.45, 7) is 1.87. The molecule has 0 radical (unpaired) electrons. The Labute approximate surface area is 154 Å². The molecule has 0 N–H and O–H groups in total. The lowest BCUT2D eigenvalue weighted by molar-refractivity contribution is -0.137. The maximum Gasteiger partial charge on any atom is 0.330 e. The van der Waals surface area contributed by atoms with Crippen molar-refractivity contribution in [1.29, 1.82) is 0 Å². The Hall–Kier alpha value is -4.07. The summed E-state index contributed by atoms with van der Waals surface area (Å²) in [6, 6.07) is 7.21. The summed E-state index contributed by atoms with van der Waals surface area (Å²) < 4.78 is 9.53. The largest absolute Gasteiger partial charge is 0.496 e. The number of hydrogen-bond acceptors (Lipinski definition) is 5. The average Bonchev–Trinajstić information content (AvgIpc) is 2.66. The highest BCUT2D eigenvalue weighted by molar-refractivity contribution is 5.95. The van der Waals surface area contributed by atoms with E-state index in [1.807, 2.05) is 12.1 Å². The smallest absolute Gasteiger partial charge is 0.330 e. The highest BCUT2D eigenvalue weighted by Crippen LogP contribution is 2.18. The van der Waals surface area contributed by atoms with Gasteiger partial charge in [0.1, 0.15) is 5.75 Å². The van der Waals surface area contributed by atoms with E-state index >= 15 is 0 Å². The predicted molar refractivity (Wildman–Crippen MR) is 96.1 cm³/mol.